The molecule has 0 spiro atoms. The molecule has 3 rings (SSSR count). The molecule has 4 nitrogen and oxygen atoms in total. The van der Waals surface area contributed by atoms with Gasteiger partial charge in [0.15, 0.2) is 0 Å². The van der Waals surface area contributed by atoms with Crippen LogP contribution in [0.4, 0.5) is 0 Å². The third-order valence-electron chi connectivity index (χ3n) is 4.17. The van der Waals surface area contributed by atoms with Gasteiger partial charge in [-0.2, -0.15) is 0 Å². The summed E-state index contributed by atoms with van der Waals surface area (Å²) >= 11 is 0. The molecule has 1 atom stereocenters. The first-order valence-electron chi connectivity index (χ1n) is 7.72. The number of carboxylic acids is 1. The molecule has 22 heavy (non-hydrogen) atoms. The van der Waals surface area contributed by atoms with Gasteiger partial charge < -0.3 is 10.4 Å². The van der Waals surface area contributed by atoms with Gasteiger partial charge in [0.25, 0.3) is 0 Å². The Kier molecular flexibility index (Phi) is 4.49. The number of pyridine rings is 1. The number of rotatable bonds is 5. The number of hydrogen-bond acceptors (Lipinski definition) is 3. The minimum Gasteiger partial charge on any atom is -0.477 e. The van der Waals surface area contributed by atoms with Crippen LogP contribution >= 0.6 is 0 Å². The monoisotopic (exact) mass is 296 g/mol. The largest absolute Gasteiger partial charge is 0.477 e. The van der Waals surface area contributed by atoms with Crippen LogP contribution in [-0.2, 0) is 19.4 Å². The van der Waals surface area contributed by atoms with Gasteiger partial charge in [0.1, 0.15) is 5.69 Å². The van der Waals surface area contributed by atoms with E-state index < -0.39 is 5.97 Å². The van der Waals surface area contributed by atoms with Gasteiger partial charge in [-0.1, -0.05) is 36.4 Å². The van der Waals surface area contributed by atoms with Crippen LogP contribution in [0, 0.1) is 0 Å². The molecule has 4 heteroatoms. The average molecular weight is 296 g/mol. The van der Waals surface area contributed by atoms with E-state index in [0.717, 1.165) is 43.5 Å². The van der Waals surface area contributed by atoms with Gasteiger partial charge in [-0.25, -0.2) is 9.78 Å². The number of carbonyl (C=O) groups is 1. The van der Waals surface area contributed by atoms with Gasteiger partial charge in [-0.05, 0) is 36.5 Å². The summed E-state index contributed by atoms with van der Waals surface area (Å²) in [6.07, 6.45) is 4.09. The van der Waals surface area contributed by atoms with Crippen LogP contribution in [0.5, 0.6) is 0 Å². The Labute approximate surface area is 130 Å². The number of hydrogen-bond donors (Lipinski definition) is 2. The van der Waals surface area contributed by atoms with Crippen molar-refractivity contribution in [2.75, 3.05) is 0 Å². The maximum Gasteiger partial charge on any atom is 0.354 e. The number of aromatic carboxylic acids is 1. The summed E-state index contributed by atoms with van der Waals surface area (Å²) in [6.45, 7) is 0.776. The van der Waals surface area contributed by atoms with Crippen LogP contribution in [0.15, 0.2) is 42.5 Å². The standard InChI is InChI=1S/C18H20N2O2/c21-18(22)16-10-9-14-12-19-15(11-17(14)20-16)8-4-7-13-5-2-1-3-6-13/h1-3,5-6,9-10,15,19H,4,7-8,11-12H2,(H,21,22). The summed E-state index contributed by atoms with van der Waals surface area (Å²) in [4.78, 5) is 15.3. The second kappa shape index (κ2) is 6.71. The van der Waals surface area contributed by atoms with Gasteiger partial charge >= 0.3 is 5.97 Å². The number of benzene rings is 1. The van der Waals surface area contributed by atoms with Crippen LogP contribution in [0.25, 0.3) is 0 Å². The molecule has 0 fully saturated rings. The van der Waals surface area contributed by atoms with Crippen LogP contribution in [-0.4, -0.2) is 22.1 Å². The topological polar surface area (TPSA) is 62.2 Å². The summed E-state index contributed by atoms with van der Waals surface area (Å²) in [5, 5.41) is 12.6. The highest BCUT2D eigenvalue weighted by Gasteiger charge is 2.20. The van der Waals surface area contributed by atoms with E-state index in [-0.39, 0.29) is 5.69 Å². The lowest BCUT2D eigenvalue weighted by atomic mass is 9.95. The fourth-order valence-corrected chi connectivity index (χ4v) is 2.95. The SMILES string of the molecule is O=C(O)c1ccc2c(n1)CC(CCCc1ccccc1)NC2. The number of nitrogens with zero attached hydrogens (tertiary/aromatic N) is 1. The van der Waals surface area contributed by atoms with Crippen molar-refractivity contribution in [1.82, 2.24) is 10.3 Å². The van der Waals surface area contributed by atoms with Gasteiger partial charge in [-0.3, -0.25) is 0 Å². The summed E-state index contributed by atoms with van der Waals surface area (Å²) in [6, 6.07) is 14.3. The summed E-state index contributed by atoms with van der Waals surface area (Å²) in [5.74, 6) is -0.957. The van der Waals surface area contributed by atoms with Crippen molar-refractivity contribution in [2.45, 2.75) is 38.3 Å². The lowest BCUT2D eigenvalue weighted by Crippen LogP contribution is -2.36. The Balaban J connectivity index is 1.57. The zero-order valence-corrected chi connectivity index (χ0v) is 12.5. The fourth-order valence-electron chi connectivity index (χ4n) is 2.95. The van der Waals surface area contributed by atoms with E-state index in [9.17, 15) is 4.79 Å². The number of aryl methyl sites for hydroxylation is 1. The molecule has 2 aromatic rings. The molecule has 1 aliphatic rings. The van der Waals surface area contributed by atoms with Crippen LogP contribution in [0.2, 0.25) is 0 Å². The molecule has 0 amide bonds. The smallest absolute Gasteiger partial charge is 0.354 e. The van der Waals surface area contributed by atoms with Crippen LogP contribution in [0.3, 0.4) is 0 Å². The predicted molar refractivity (Wildman–Crippen MR) is 84.9 cm³/mol. The number of aromatic nitrogens is 1. The Morgan fingerprint density at radius 3 is 2.82 bits per heavy atom. The Bertz CT molecular complexity index is 655. The maximum atomic E-state index is 11.0. The molecule has 2 N–H and O–H groups in total. The number of carboxylic acid groups (broad SMARTS) is 1. The Hall–Kier alpha value is -2.20. The molecule has 0 bridgehead atoms. The van der Waals surface area contributed by atoms with Crippen molar-refractivity contribution in [2.24, 2.45) is 0 Å². The summed E-state index contributed by atoms with van der Waals surface area (Å²) < 4.78 is 0. The van der Waals surface area contributed by atoms with Crippen molar-refractivity contribution in [3.63, 3.8) is 0 Å². The van der Waals surface area contributed by atoms with E-state index in [4.69, 9.17) is 5.11 Å². The quantitative estimate of drug-likeness (QED) is 0.890. The minimum absolute atomic E-state index is 0.142. The van der Waals surface area contributed by atoms with E-state index in [1.807, 2.05) is 12.1 Å². The highest BCUT2D eigenvalue weighted by atomic mass is 16.4. The van der Waals surface area contributed by atoms with E-state index >= 15 is 0 Å². The lowest BCUT2D eigenvalue weighted by Gasteiger charge is -2.25. The molecule has 0 saturated heterocycles. The van der Waals surface area contributed by atoms with E-state index in [1.165, 1.54) is 5.56 Å². The van der Waals surface area contributed by atoms with Gasteiger partial charge in [0, 0.05) is 24.7 Å². The molecular formula is C18H20N2O2. The molecule has 0 aliphatic carbocycles. The van der Waals surface area contributed by atoms with Crippen molar-refractivity contribution >= 4 is 5.97 Å². The molecule has 114 valence electrons. The third kappa shape index (κ3) is 3.52. The zero-order valence-electron chi connectivity index (χ0n) is 12.5. The molecule has 1 aromatic heterocycles. The Morgan fingerprint density at radius 1 is 1.23 bits per heavy atom. The molecule has 1 aliphatic heterocycles. The first-order valence-corrected chi connectivity index (χ1v) is 7.72. The van der Waals surface area contributed by atoms with Crippen molar-refractivity contribution in [3.05, 3.63) is 65.0 Å². The van der Waals surface area contributed by atoms with E-state index in [0.29, 0.717) is 6.04 Å². The second-order valence-electron chi connectivity index (χ2n) is 5.77. The van der Waals surface area contributed by atoms with Gasteiger partial charge in [-0.15, -0.1) is 0 Å². The number of fused-ring (bicyclic) bond motifs is 1. The Morgan fingerprint density at radius 2 is 2.05 bits per heavy atom. The lowest BCUT2D eigenvalue weighted by molar-refractivity contribution is 0.0690. The third-order valence-corrected chi connectivity index (χ3v) is 4.17. The maximum absolute atomic E-state index is 11.0. The van der Waals surface area contributed by atoms with Crippen molar-refractivity contribution in [3.8, 4) is 0 Å². The molecule has 1 unspecified atom stereocenters. The van der Waals surface area contributed by atoms with Crippen LogP contribution < -0.4 is 5.32 Å². The predicted octanol–water partition coefficient (Wildman–Crippen LogP) is 2.82. The second-order valence-corrected chi connectivity index (χ2v) is 5.77. The van der Waals surface area contributed by atoms with Crippen molar-refractivity contribution < 1.29 is 9.90 Å². The van der Waals surface area contributed by atoms with Crippen molar-refractivity contribution in [1.29, 1.82) is 0 Å². The normalized spacial score (nSPS) is 17.0. The highest BCUT2D eigenvalue weighted by Crippen LogP contribution is 2.18. The highest BCUT2D eigenvalue weighted by molar-refractivity contribution is 5.85. The molecular weight excluding hydrogens is 276 g/mol. The minimum atomic E-state index is -0.957. The van der Waals surface area contributed by atoms with E-state index in [2.05, 4.69) is 34.6 Å². The molecule has 0 radical (unpaired) electrons. The fraction of sp³-hybridized carbons (Fsp3) is 0.333. The molecule has 0 saturated carbocycles. The van der Waals surface area contributed by atoms with Gasteiger partial charge in [0.2, 0.25) is 0 Å². The zero-order chi connectivity index (χ0) is 15.4. The number of nitrogens with one attached hydrogen (secondary N) is 1. The average Bonchev–Trinajstić information content (AvgIpc) is 2.55. The van der Waals surface area contributed by atoms with Gasteiger partial charge in [0.05, 0.1) is 0 Å². The van der Waals surface area contributed by atoms with Crippen LogP contribution in [0.1, 0.15) is 40.2 Å². The summed E-state index contributed by atoms with van der Waals surface area (Å²) in [7, 11) is 0. The molecule has 2 heterocycles. The van der Waals surface area contributed by atoms with E-state index in [1.54, 1.807) is 6.07 Å². The molecule has 1 aromatic carbocycles. The summed E-state index contributed by atoms with van der Waals surface area (Å²) in [5.41, 5.74) is 3.56. The first kappa shape index (κ1) is 14.7. The first-order chi connectivity index (χ1) is 10.7.